The van der Waals surface area contributed by atoms with Crippen LogP contribution in [0, 0.1) is 4.64 Å². The fourth-order valence-corrected chi connectivity index (χ4v) is 3.52. The number of rotatable bonds is 5. The van der Waals surface area contributed by atoms with Crippen LogP contribution in [0.25, 0.3) is 11.0 Å². The van der Waals surface area contributed by atoms with Gasteiger partial charge in [0.25, 0.3) is 5.91 Å². The molecule has 3 atom stereocenters. The second-order valence-electron chi connectivity index (χ2n) is 6.68. The van der Waals surface area contributed by atoms with Crippen LogP contribution in [0.3, 0.4) is 0 Å². The summed E-state index contributed by atoms with van der Waals surface area (Å²) in [6.07, 6.45) is 0.139. The number of aliphatic hydroxyl groups is 2. The third-order valence-corrected chi connectivity index (χ3v) is 5.01. The molecule has 152 valence electrons. The van der Waals surface area contributed by atoms with Crippen LogP contribution in [0.2, 0.25) is 0 Å². The molecule has 1 amide bonds. The second-order valence-corrected chi connectivity index (χ2v) is 7.07. The highest BCUT2D eigenvalue weighted by molar-refractivity contribution is 7.71. The van der Waals surface area contributed by atoms with E-state index in [0.29, 0.717) is 23.2 Å². The molecule has 3 heterocycles. The minimum atomic E-state index is -0.776. The van der Waals surface area contributed by atoms with Crippen LogP contribution in [0.15, 0.2) is 42.6 Å². The Balaban J connectivity index is 1.74. The predicted molar refractivity (Wildman–Crippen MR) is 107 cm³/mol. The highest BCUT2D eigenvalue weighted by Crippen LogP contribution is 2.32. The molecule has 3 aromatic rings. The van der Waals surface area contributed by atoms with E-state index in [4.69, 9.17) is 21.8 Å². The quantitative estimate of drug-likeness (QED) is 0.431. The second kappa shape index (κ2) is 7.91. The molecule has 1 aromatic carbocycles. The largest absolute Gasteiger partial charge is 0.394 e. The van der Waals surface area contributed by atoms with E-state index in [1.807, 2.05) is 6.07 Å². The predicted octanol–water partition coefficient (Wildman–Crippen LogP) is 2.08. The first-order valence-electron chi connectivity index (χ1n) is 9.07. The highest BCUT2D eigenvalue weighted by atomic mass is 32.1. The number of fused-ring (bicyclic) bond motifs is 1. The van der Waals surface area contributed by atoms with Crippen molar-refractivity contribution in [2.45, 2.75) is 31.8 Å². The number of nitrogens with zero attached hydrogens (tertiary/aromatic N) is 3. The number of H-pyrrole nitrogens is 1. The topological polar surface area (TPSA) is 113 Å². The third kappa shape index (κ3) is 3.75. The van der Waals surface area contributed by atoms with Crippen LogP contribution in [-0.4, -0.2) is 49.5 Å². The summed E-state index contributed by atoms with van der Waals surface area (Å²) in [6.45, 7) is 1.08. The summed E-state index contributed by atoms with van der Waals surface area (Å²) in [6, 6.07) is 10.6. The molecule has 0 saturated carbocycles. The first-order chi connectivity index (χ1) is 14.0. The Hall–Kier alpha value is -2.79. The normalized spacial score (nSPS) is 21.4. The van der Waals surface area contributed by atoms with Crippen molar-refractivity contribution in [1.29, 1.82) is 0 Å². The molecule has 2 aromatic heterocycles. The van der Waals surface area contributed by atoms with Crippen molar-refractivity contribution in [1.82, 2.24) is 14.5 Å². The number of aliphatic hydroxyl groups excluding tert-OH is 2. The van der Waals surface area contributed by atoms with Crippen molar-refractivity contribution >= 4 is 35.1 Å². The van der Waals surface area contributed by atoms with Crippen LogP contribution in [0.5, 0.6) is 5.75 Å². The van der Waals surface area contributed by atoms with E-state index in [-0.39, 0.29) is 17.2 Å². The summed E-state index contributed by atoms with van der Waals surface area (Å²) in [5, 5.41) is 21.1. The summed E-state index contributed by atoms with van der Waals surface area (Å²) in [5.74, 6) is 0.195. The molecule has 1 fully saturated rings. The summed E-state index contributed by atoms with van der Waals surface area (Å²) in [4.78, 5) is 25.3. The molecule has 4 rings (SSSR count). The lowest BCUT2D eigenvalue weighted by Crippen LogP contribution is -2.33. The molecule has 0 radical (unpaired) electrons. The van der Waals surface area contributed by atoms with Crippen LogP contribution >= 0.6 is 12.2 Å². The van der Waals surface area contributed by atoms with Gasteiger partial charge in [-0.25, -0.2) is 0 Å². The average Bonchev–Trinajstić information content (AvgIpc) is 3.30. The Morgan fingerprint density at radius 3 is 2.83 bits per heavy atom. The van der Waals surface area contributed by atoms with Gasteiger partial charge in [0.05, 0.1) is 18.1 Å². The van der Waals surface area contributed by atoms with Gasteiger partial charge >= 0.3 is 0 Å². The first kappa shape index (κ1) is 19.5. The molecule has 1 saturated heterocycles. The number of aromatic nitrogens is 3. The molecule has 1 unspecified atom stereocenters. The van der Waals surface area contributed by atoms with Gasteiger partial charge < -0.3 is 29.3 Å². The molecule has 10 heteroatoms. The lowest BCUT2D eigenvalue weighted by Gasteiger charge is -2.20. The van der Waals surface area contributed by atoms with Crippen molar-refractivity contribution in [3.63, 3.8) is 0 Å². The Bertz CT molecular complexity index is 1080. The van der Waals surface area contributed by atoms with E-state index >= 15 is 0 Å². The van der Waals surface area contributed by atoms with Gasteiger partial charge in [-0.2, -0.15) is 4.98 Å². The number of amides is 1. The SMILES string of the molecule is CC(=O)N(Oc1ccccc1)c1nc(=S)c2ccn([C@H]3CC(O)[C@@H](CO)O3)c2[nH]1. The first-order valence-corrected chi connectivity index (χ1v) is 9.47. The third-order valence-electron chi connectivity index (χ3n) is 4.70. The maximum absolute atomic E-state index is 12.2. The lowest BCUT2D eigenvalue weighted by molar-refractivity contribution is -0.120. The molecule has 1 aliphatic heterocycles. The zero-order chi connectivity index (χ0) is 20.5. The van der Waals surface area contributed by atoms with Gasteiger partial charge in [0.15, 0.2) is 5.75 Å². The van der Waals surface area contributed by atoms with E-state index in [2.05, 4.69) is 9.97 Å². The Morgan fingerprint density at radius 2 is 2.17 bits per heavy atom. The van der Waals surface area contributed by atoms with E-state index in [1.54, 1.807) is 41.1 Å². The number of carbonyl (C=O) groups excluding carboxylic acids is 1. The van der Waals surface area contributed by atoms with Crippen molar-refractivity contribution in [2.75, 3.05) is 11.7 Å². The van der Waals surface area contributed by atoms with Crippen molar-refractivity contribution in [3.8, 4) is 5.75 Å². The monoisotopic (exact) mass is 416 g/mol. The van der Waals surface area contributed by atoms with E-state index in [0.717, 1.165) is 5.06 Å². The zero-order valence-corrected chi connectivity index (χ0v) is 16.4. The summed E-state index contributed by atoms with van der Waals surface area (Å²) < 4.78 is 7.78. The average molecular weight is 416 g/mol. The molecular weight excluding hydrogens is 396 g/mol. The number of benzene rings is 1. The molecule has 29 heavy (non-hydrogen) atoms. The number of anilines is 1. The summed E-state index contributed by atoms with van der Waals surface area (Å²) in [7, 11) is 0. The Kier molecular flexibility index (Phi) is 5.33. The van der Waals surface area contributed by atoms with E-state index < -0.39 is 24.3 Å². The standard InChI is InChI=1S/C19H20N4O5S/c1-11(25)23(28-12-5-3-2-4-6-12)19-20-17-13(18(29)21-19)7-8-22(17)16-9-14(26)15(10-24)27-16/h2-8,14-16,24,26H,9-10H2,1H3,(H,20,21,29)/t14?,15-,16-/m1/s1. The van der Waals surface area contributed by atoms with Crippen molar-refractivity contribution < 1.29 is 24.6 Å². The van der Waals surface area contributed by atoms with E-state index in [9.17, 15) is 15.0 Å². The highest BCUT2D eigenvalue weighted by Gasteiger charge is 2.35. The Labute approximate surface area is 171 Å². The minimum Gasteiger partial charge on any atom is -0.394 e. The summed E-state index contributed by atoms with van der Waals surface area (Å²) in [5.41, 5.74) is 0.568. The van der Waals surface area contributed by atoms with Gasteiger partial charge in [-0.15, -0.1) is 5.06 Å². The maximum atomic E-state index is 12.2. The van der Waals surface area contributed by atoms with Crippen LogP contribution in [-0.2, 0) is 9.53 Å². The lowest BCUT2D eigenvalue weighted by atomic mass is 10.2. The maximum Gasteiger partial charge on any atom is 0.260 e. The Morgan fingerprint density at radius 1 is 1.41 bits per heavy atom. The number of para-hydroxylation sites is 1. The van der Waals surface area contributed by atoms with Crippen molar-refractivity contribution in [2.24, 2.45) is 0 Å². The van der Waals surface area contributed by atoms with E-state index in [1.165, 1.54) is 6.92 Å². The summed E-state index contributed by atoms with van der Waals surface area (Å²) >= 11 is 5.40. The van der Waals surface area contributed by atoms with Gasteiger partial charge in [0, 0.05) is 19.5 Å². The molecule has 1 aliphatic rings. The number of aromatic amines is 1. The molecule has 0 aliphatic carbocycles. The smallest absolute Gasteiger partial charge is 0.260 e. The van der Waals surface area contributed by atoms with Crippen LogP contribution in [0.4, 0.5) is 5.95 Å². The van der Waals surface area contributed by atoms with Gasteiger partial charge in [-0.1, -0.05) is 30.4 Å². The molecule has 0 bridgehead atoms. The number of carbonyl (C=O) groups is 1. The number of hydrogen-bond donors (Lipinski definition) is 3. The minimum absolute atomic E-state index is 0.121. The van der Waals surface area contributed by atoms with Gasteiger partial charge in [-0.05, 0) is 18.2 Å². The van der Waals surface area contributed by atoms with Gasteiger partial charge in [-0.3, -0.25) is 4.79 Å². The molecule has 3 N–H and O–H groups in total. The number of ether oxygens (including phenoxy) is 1. The van der Waals surface area contributed by atoms with Crippen molar-refractivity contribution in [3.05, 3.63) is 47.2 Å². The fraction of sp³-hybridized carbons (Fsp3) is 0.316. The molecule has 9 nitrogen and oxygen atoms in total. The fourth-order valence-electron chi connectivity index (χ4n) is 3.27. The zero-order valence-electron chi connectivity index (χ0n) is 15.6. The van der Waals surface area contributed by atoms with Gasteiger partial charge in [0.2, 0.25) is 5.95 Å². The molecule has 0 spiro atoms. The van der Waals surface area contributed by atoms with Crippen LogP contribution < -0.4 is 9.90 Å². The van der Waals surface area contributed by atoms with Gasteiger partial charge in [0.1, 0.15) is 22.6 Å². The number of nitrogens with one attached hydrogen (secondary N) is 1. The number of hydrogen-bond acceptors (Lipinski definition) is 7. The number of hydroxylamine groups is 1. The van der Waals surface area contributed by atoms with Crippen LogP contribution in [0.1, 0.15) is 19.6 Å². The molecular formula is C19H20N4O5S.